The zero-order chi connectivity index (χ0) is 14.0. The van der Waals surface area contributed by atoms with Crippen molar-refractivity contribution in [1.82, 2.24) is 0 Å². The van der Waals surface area contributed by atoms with Gasteiger partial charge in [0.1, 0.15) is 17.5 Å². The van der Waals surface area contributed by atoms with Crippen LogP contribution in [0.25, 0.3) is 0 Å². The lowest BCUT2D eigenvalue weighted by Crippen LogP contribution is -2.07. The summed E-state index contributed by atoms with van der Waals surface area (Å²) in [6.07, 6.45) is 0. The lowest BCUT2D eigenvalue weighted by Gasteiger charge is -2.16. The number of benzene rings is 2. The number of nitrogens with one attached hydrogen (secondary N) is 1. The van der Waals surface area contributed by atoms with Crippen molar-refractivity contribution >= 4 is 17.3 Å². The van der Waals surface area contributed by atoms with Crippen LogP contribution >= 0.6 is 11.6 Å². The number of hydrogen-bond donors (Lipinski definition) is 1. The third-order valence-electron chi connectivity index (χ3n) is 2.69. The maximum atomic E-state index is 13.3. The standard InChI is InChI=1S/C14H11ClF3N/c1-8(9-4-10(16)6-11(17)5-9)19-12-2-3-13(15)14(18)7-12/h2-8,19H,1H3. The van der Waals surface area contributed by atoms with Crippen LogP contribution in [0.1, 0.15) is 18.5 Å². The SMILES string of the molecule is CC(Nc1ccc(Cl)c(F)c1)c1cc(F)cc(F)c1. The van der Waals surface area contributed by atoms with Crippen molar-refractivity contribution in [3.05, 3.63) is 64.4 Å². The van der Waals surface area contributed by atoms with E-state index in [0.717, 1.165) is 6.07 Å². The Bertz CT molecular complexity index is 581. The first-order valence-corrected chi connectivity index (χ1v) is 6.01. The first kappa shape index (κ1) is 13.7. The molecule has 2 aromatic carbocycles. The predicted octanol–water partition coefficient (Wildman–Crippen LogP) is 4.93. The molecule has 0 saturated heterocycles. The first-order valence-electron chi connectivity index (χ1n) is 5.63. The topological polar surface area (TPSA) is 12.0 Å². The third kappa shape index (κ3) is 3.41. The summed E-state index contributed by atoms with van der Waals surface area (Å²) in [5.74, 6) is -1.85. The summed E-state index contributed by atoms with van der Waals surface area (Å²) in [7, 11) is 0. The summed E-state index contributed by atoms with van der Waals surface area (Å²) in [5, 5.41) is 2.97. The summed E-state index contributed by atoms with van der Waals surface area (Å²) in [6, 6.07) is 7.13. The molecule has 0 fully saturated rings. The molecule has 100 valence electrons. The molecular weight excluding hydrogens is 275 g/mol. The molecule has 1 unspecified atom stereocenters. The van der Waals surface area contributed by atoms with Crippen LogP contribution in [0.4, 0.5) is 18.9 Å². The van der Waals surface area contributed by atoms with Crippen LogP contribution in [-0.4, -0.2) is 0 Å². The second kappa shape index (κ2) is 5.53. The third-order valence-corrected chi connectivity index (χ3v) is 2.99. The second-order valence-electron chi connectivity index (χ2n) is 4.20. The van der Waals surface area contributed by atoms with E-state index in [1.54, 1.807) is 13.0 Å². The second-order valence-corrected chi connectivity index (χ2v) is 4.60. The molecular formula is C14H11ClF3N. The Morgan fingerprint density at radius 3 is 2.21 bits per heavy atom. The van der Waals surface area contributed by atoms with Crippen LogP contribution in [0.5, 0.6) is 0 Å². The van der Waals surface area contributed by atoms with E-state index in [2.05, 4.69) is 5.32 Å². The molecule has 5 heteroatoms. The van der Waals surface area contributed by atoms with Crippen LogP contribution in [0.3, 0.4) is 0 Å². The Balaban J connectivity index is 2.20. The van der Waals surface area contributed by atoms with E-state index >= 15 is 0 Å². The normalized spacial score (nSPS) is 12.3. The Kier molecular flexibility index (Phi) is 4.00. The summed E-state index contributed by atoms with van der Waals surface area (Å²) in [6.45, 7) is 1.72. The van der Waals surface area contributed by atoms with E-state index in [1.807, 2.05) is 0 Å². The molecule has 19 heavy (non-hydrogen) atoms. The Morgan fingerprint density at radius 1 is 1.00 bits per heavy atom. The smallest absolute Gasteiger partial charge is 0.143 e. The largest absolute Gasteiger partial charge is 0.378 e. The van der Waals surface area contributed by atoms with E-state index in [1.165, 1.54) is 24.3 Å². The molecule has 0 heterocycles. The van der Waals surface area contributed by atoms with E-state index in [9.17, 15) is 13.2 Å². The van der Waals surface area contributed by atoms with Crippen molar-refractivity contribution in [2.24, 2.45) is 0 Å². The fraction of sp³-hybridized carbons (Fsp3) is 0.143. The van der Waals surface area contributed by atoms with Crippen LogP contribution in [0, 0.1) is 17.5 Å². The van der Waals surface area contributed by atoms with Gasteiger partial charge in [-0.1, -0.05) is 11.6 Å². The number of anilines is 1. The van der Waals surface area contributed by atoms with Gasteiger partial charge in [-0.2, -0.15) is 0 Å². The zero-order valence-corrected chi connectivity index (χ0v) is 10.8. The predicted molar refractivity (Wildman–Crippen MR) is 69.8 cm³/mol. The molecule has 2 rings (SSSR count). The molecule has 0 aliphatic carbocycles. The van der Waals surface area contributed by atoms with E-state index in [0.29, 0.717) is 11.3 Å². The molecule has 0 aromatic heterocycles. The van der Waals surface area contributed by atoms with Gasteiger partial charge in [0, 0.05) is 17.8 Å². The Morgan fingerprint density at radius 2 is 1.63 bits per heavy atom. The highest BCUT2D eigenvalue weighted by atomic mass is 35.5. The molecule has 0 aliphatic rings. The molecule has 1 nitrogen and oxygen atoms in total. The minimum absolute atomic E-state index is 0.0232. The highest BCUT2D eigenvalue weighted by Gasteiger charge is 2.09. The van der Waals surface area contributed by atoms with E-state index in [-0.39, 0.29) is 11.1 Å². The van der Waals surface area contributed by atoms with Gasteiger partial charge in [0.25, 0.3) is 0 Å². The van der Waals surface area contributed by atoms with Gasteiger partial charge in [-0.15, -0.1) is 0 Å². The Labute approximate surface area is 114 Å². The summed E-state index contributed by atoms with van der Waals surface area (Å²) >= 11 is 5.57. The van der Waals surface area contributed by atoms with Crippen molar-refractivity contribution in [2.75, 3.05) is 5.32 Å². The molecule has 0 amide bonds. The van der Waals surface area contributed by atoms with Crippen molar-refractivity contribution in [3.8, 4) is 0 Å². The van der Waals surface area contributed by atoms with Gasteiger partial charge in [0.15, 0.2) is 0 Å². The maximum Gasteiger partial charge on any atom is 0.143 e. The van der Waals surface area contributed by atoms with Gasteiger partial charge in [0.2, 0.25) is 0 Å². The van der Waals surface area contributed by atoms with Gasteiger partial charge in [-0.3, -0.25) is 0 Å². The minimum Gasteiger partial charge on any atom is -0.378 e. The molecule has 0 bridgehead atoms. The van der Waals surface area contributed by atoms with Gasteiger partial charge < -0.3 is 5.32 Å². The molecule has 0 saturated carbocycles. The molecule has 0 aliphatic heterocycles. The van der Waals surface area contributed by atoms with Crippen molar-refractivity contribution in [1.29, 1.82) is 0 Å². The number of hydrogen-bond acceptors (Lipinski definition) is 1. The van der Waals surface area contributed by atoms with Crippen molar-refractivity contribution < 1.29 is 13.2 Å². The summed E-state index contributed by atoms with van der Waals surface area (Å²) in [4.78, 5) is 0. The van der Waals surface area contributed by atoms with Crippen LogP contribution in [-0.2, 0) is 0 Å². The molecule has 1 N–H and O–H groups in total. The highest BCUT2D eigenvalue weighted by Crippen LogP contribution is 2.24. The van der Waals surface area contributed by atoms with Crippen molar-refractivity contribution in [3.63, 3.8) is 0 Å². The van der Waals surface area contributed by atoms with Gasteiger partial charge in [-0.05, 0) is 42.8 Å². The van der Waals surface area contributed by atoms with Gasteiger partial charge in [-0.25, -0.2) is 13.2 Å². The molecule has 0 radical (unpaired) electrons. The molecule has 2 aromatic rings. The Hall–Kier alpha value is -1.68. The van der Waals surface area contributed by atoms with Crippen LogP contribution < -0.4 is 5.32 Å². The monoisotopic (exact) mass is 285 g/mol. The average Bonchev–Trinajstić information content (AvgIpc) is 2.32. The highest BCUT2D eigenvalue weighted by molar-refractivity contribution is 6.30. The molecule has 1 atom stereocenters. The average molecular weight is 286 g/mol. The summed E-state index contributed by atoms with van der Waals surface area (Å²) in [5.41, 5.74) is 0.923. The first-order chi connectivity index (χ1) is 8.95. The van der Waals surface area contributed by atoms with E-state index < -0.39 is 17.5 Å². The number of halogens is 4. The van der Waals surface area contributed by atoms with Crippen LogP contribution in [0.15, 0.2) is 36.4 Å². The summed E-state index contributed by atoms with van der Waals surface area (Å²) < 4.78 is 39.5. The minimum atomic E-state index is -0.647. The van der Waals surface area contributed by atoms with E-state index in [4.69, 9.17) is 11.6 Å². The lowest BCUT2D eigenvalue weighted by molar-refractivity contribution is 0.577. The fourth-order valence-electron chi connectivity index (χ4n) is 1.74. The molecule has 0 spiro atoms. The quantitative estimate of drug-likeness (QED) is 0.843. The lowest BCUT2D eigenvalue weighted by atomic mass is 10.1. The fourth-order valence-corrected chi connectivity index (χ4v) is 1.86. The van der Waals surface area contributed by atoms with Crippen molar-refractivity contribution in [2.45, 2.75) is 13.0 Å². The zero-order valence-electron chi connectivity index (χ0n) is 10.1. The van der Waals surface area contributed by atoms with Crippen LogP contribution in [0.2, 0.25) is 5.02 Å². The van der Waals surface area contributed by atoms with Gasteiger partial charge >= 0.3 is 0 Å². The maximum absolute atomic E-state index is 13.3. The van der Waals surface area contributed by atoms with Gasteiger partial charge in [0.05, 0.1) is 5.02 Å². The number of rotatable bonds is 3.